The van der Waals surface area contributed by atoms with Crippen LogP contribution in [0.3, 0.4) is 0 Å². The maximum atomic E-state index is 12.4. The first-order valence-corrected chi connectivity index (χ1v) is 9.12. The summed E-state index contributed by atoms with van der Waals surface area (Å²) < 4.78 is 30.2. The van der Waals surface area contributed by atoms with Crippen molar-refractivity contribution in [1.82, 2.24) is 9.55 Å². The largest absolute Gasteiger partial charge is 0.399 e. The van der Waals surface area contributed by atoms with Crippen LogP contribution in [0, 0.1) is 6.92 Å². The van der Waals surface area contributed by atoms with E-state index in [0.29, 0.717) is 32.7 Å². The van der Waals surface area contributed by atoms with E-state index in [-0.39, 0.29) is 5.03 Å². The molecule has 0 unspecified atom stereocenters. The van der Waals surface area contributed by atoms with Crippen LogP contribution in [0.4, 0.5) is 11.4 Å². The predicted molar refractivity (Wildman–Crippen MR) is 89.7 cm³/mol. The summed E-state index contributed by atoms with van der Waals surface area (Å²) >= 11 is 6.59. The fourth-order valence-corrected chi connectivity index (χ4v) is 4.60. The minimum Gasteiger partial charge on any atom is -0.399 e. The van der Waals surface area contributed by atoms with Gasteiger partial charge in [-0.1, -0.05) is 0 Å². The molecule has 0 fully saturated rings. The molecular weight excluding hydrogens is 424 g/mol. The van der Waals surface area contributed by atoms with Crippen molar-refractivity contribution in [3.05, 3.63) is 33.1 Å². The number of imidazole rings is 1. The van der Waals surface area contributed by atoms with Crippen LogP contribution in [0.5, 0.6) is 0 Å². The van der Waals surface area contributed by atoms with Gasteiger partial charge >= 0.3 is 0 Å². The molecule has 6 nitrogen and oxygen atoms in total. The molecule has 0 aliphatic rings. The van der Waals surface area contributed by atoms with Gasteiger partial charge in [0.1, 0.15) is 5.82 Å². The quantitative estimate of drug-likeness (QED) is 0.719. The van der Waals surface area contributed by atoms with Crippen LogP contribution in [0.1, 0.15) is 12.7 Å². The zero-order chi connectivity index (χ0) is 15.8. The van der Waals surface area contributed by atoms with Gasteiger partial charge in [-0.2, -0.15) is 8.42 Å². The number of nitrogen functional groups attached to an aromatic ring is 1. The first kappa shape index (κ1) is 16.3. The van der Waals surface area contributed by atoms with E-state index in [1.165, 1.54) is 6.20 Å². The molecule has 114 valence electrons. The van der Waals surface area contributed by atoms with Crippen LogP contribution in [-0.4, -0.2) is 18.0 Å². The Morgan fingerprint density at radius 1 is 1.33 bits per heavy atom. The summed E-state index contributed by atoms with van der Waals surface area (Å²) in [4.78, 5) is 4.08. The molecule has 1 aromatic carbocycles. The van der Waals surface area contributed by atoms with Gasteiger partial charge < -0.3 is 10.3 Å². The molecule has 0 atom stereocenters. The average Bonchev–Trinajstić information content (AvgIpc) is 2.76. The van der Waals surface area contributed by atoms with E-state index in [9.17, 15) is 8.42 Å². The van der Waals surface area contributed by atoms with E-state index in [1.807, 2.05) is 6.92 Å². The number of nitrogens with zero attached hydrogens (tertiary/aromatic N) is 2. The highest BCUT2D eigenvalue weighted by molar-refractivity contribution is 9.11. The van der Waals surface area contributed by atoms with Gasteiger partial charge in [-0.3, -0.25) is 4.72 Å². The number of halogens is 2. The van der Waals surface area contributed by atoms with Crippen LogP contribution in [0.25, 0.3) is 0 Å². The fraction of sp³-hybridized carbons (Fsp3) is 0.250. The summed E-state index contributed by atoms with van der Waals surface area (Å²) in [5.41, 5.74) is 6.59. The van der Waals surface area contributed by atoms with Crippen LogP contribution in [-0.2, 0) is 16.6 Å². The number of hydrogen-bond donors (Lipinski definition) is 2. The summed E-state index contributed by atoms with van der Waals surface area (Å²) in [7, 11) is -3.77. The molecule has 1 aromatic heterocycles. The maximum Gasteiger partial charge on any atom is 0.281 e. The third kappa shape index (κ3) is 3.41. The minimum atomic E-state index is -3.77. The lowest BCUT2D eigenvalue weighted by atomic mass is 10.3. The van der Waals surface area contributed by atoms with E-state index in [1.54, 1.807) is 23.6 Å². The van der Waals surface area contributed by atoms with Crippen LogP contribution < -0.4 is 10.5 Å². The monoisotopic (exact) mass is 436 g/mol. The lowest BCUT2D eigenvalue weighted by Gasteiger charge is -2.11. The zero-order valence-corrected chi connectivity index (χ0v) is 15.4. The maximum absolute atomic E-state index is 12.4. The number of benzene rings is 1. The molecular formula is C12H14Br2N4O2S. The van der Waals surface area contributed by atoms with Crippen LogP contribution in [0.15, 0.2) is 32.3 Å². The molecule has 0 bridgehead atoms. The molecule has 2 rings (SSSR count). The molecule has 0 aliphatic carbocycles. The van der Waals surface area contributed by atoms with E-state index in [0.717, 1.165) is 0 Å². The van der Waals surface area contributed by atoms with Crippen LogP contribution in [0.2, 0.25) is 0 Å². The molecule has 1 heterocycles. The molecule has 0 radical (unpaired) electrons. The van der Waals surface area contributed by atoms with Gasteiger partial charge in [0, 0.05) is 27.4 Å². The van der Waals surface area contributed by atoms with Gasteiger partial charge in [0.25, 0.3) is 10.0 Å². The second-order valence-electron chi connectivity index (χ2n) is 4.38. The molecule has 0 amide bonds. The van der Waals surface area contributed by atoms with E-state index < -0.39 is 10.0 Å². The summed E-state index contributed by atoms with van der Waals surface area (Å²) in [5.74, 6) is 0.647. The topological polar surface area (TPSA) is 90.0 Å². The molecule has 0 saturated heterocycles. The van der Waals surface area contributed by atoms with Gasteiger partial charge in [0.2, 0.25) is 0 Å². The molecule has 0 saturated carbocycles. The van der Waals surface area contributed by atoms with Crippen molar-refractivity contribution in [3.8, 4) is 0 Å². The van der Waals surface area contributed by atoms with Crippen molar-refractivity contribution in [2.45, 2.75) is 25.4 Å². The van der Waals surface area contributed by atoms with Crippen molar-refractivity contribution in [2.75, 3.05) is 10.5 Å². The Balaban J connectivity index is 2.42. The van der Waals surface area contributed by atoms with E-state index >= 15 is 0 Å². The van der Waals surface area contributed by atoms with Crippen molar-refractivity contribution >= 4 is 53.3 Å². The van der Waals surface area contributed by atoms with Gasteiger partial charge in [0.05, 0.1) is 5.69 Å². The highest BCUT2D eigenvalue weighted by atomic mass is 79.9. The molecule has 0 aliphatic heterocycles. The lowest BCUT2D eigenvalue weighted by Crippen LogP contribution is -2.14. The number of nitrogens with two attached hydrogens (primary N) is 1. The summed E-state index contributed by atoms with van der Waals surface area (Å²) in [6, 6.07) is 3.25. The Morgan fingerprint density at radius 3 is 2.38 bits per heavy atom. The Labute approximate surface area is 140 Å². The first-order valence-electron chi connectivity index (χ1n) is 6.05. The first-order chi connectivity index (χ1) is 9.74. The number of rotatable bonds is 4. The number of sulfonamides is 1. The lowest BCUT2D eigenvalue weighted by molar-refractivity contribution is 0.598. The molecule has 3 N–H and O–H groups in total. The van der Waals surface area contributed by atoms with E-state index in [2.05, 4.69) is 41.6 Å². The summed E-state index contributed by atoms with van der Waals surface area (Å²) in [6.07, 6.45) is 1.51. The third-order valence-electron chi connectivity index (χ3n) is 2.87. The smallest absolute Gasteiger partial charge is 0.281 e. The molecule has 2 aromatic rings. The minimum absolute atomic E-state index is 0.0162. The van der Waals surface area contributed by atoms with Crippen molar-refractivity contribution in [3.63, 3.8) is 0 Å². The highest BCUT2D eigenvalue weighted by Crippen LogP contribution is 2.34. The molecule has 21 heavy (non-hydrogen) atoms. The van der Waals surface area contributed by atoms with Gasteiger partial charge in [-0.25, -0.2) is 4.98 Å². The standard InChI is InChI=1S/C12H14Br2N4O2S/c1-3-18-6-11(16-7(18)2)21(19,20)17-12-9(13)4-8(15)5-10(12)14/h4-6,17H,3,15H2,1-2H3. The summed E-state index contributed by atoms with van der Waals surface area (Å²) in [6.45, 7) is 4.34. The van der Waals surface area contributed by atoms with Crippen LogP contribution >= 0.6 is 31.9 Å². The number of nitrogens with one attached hydrogen (secondary N) is 1. The Bertz CT molecular complexity index is 764. The predicted octanol–water partition coefficient (Wildman–Crippen LogP) is 3.12. The second kappa shape index (κ2) is 5.98. The van der Waals surface area contributed by atoms with Crippen molar-refractivity contribution < 1.29 is 8.42 Å². The fourth-order valence-electron chi connectivity index (χ4n) is 1.81. The Kier molecular flexibility index (Phi) is 4.64. The molecule has 0 spiro atoms. The Hall–Kier alpha value is -1.06. The molecule has 9 heteroatoms. The average molecular weight is 438 g/mol. The van der Waals surface area contributed by atoms with Gasteiger partial charge in [0.15, 0.2) is 5.03 Å². The van der Waals surface area contributed by atoms with Crippen molar-refractivity contribution in [2.24, 2.45) is 0 Å². The third-order valence-corrected chi connectivity index (χ3v) is 5.34. The normalized spacial score (nSPS) is 11.6. The number of anilines is 2. The summed E-state index contributed by atoms with van der Waals surface area (Å²) in [5, 5.41) is -0.0162. The number of hydrogen-bond acceptors (Lipinski definition) is 4. The van der Waals surface area contributed by atoms with Crippen molar-refractivity contribution in [1.29, 1.82) is 0 Å². The Morgan fingerprint density at radius 2 is 1.90 bits per heavy atom. The number of aryl methyl sites for hydroxylation is 2. The SMILES string of the molecule is CCn1cc(S(=O)(=O)Nc2c(Br)cc(N)cc2Br)nc1C. The van der Waals surface area contributed by atoms with Gasteiger partial charge in [-0.05, 0) is 57.8 Å². The second-order valence-corrected chi connectivity index (χ2v) is 7.72. The number of aromatic nitrogens is 2. The zero-order valence-electron chi connectivity index (χ0n) is 11.4. The highest BCUT2D eigenvalue weighted by Gasteiger charge is 2.21. The van der Waals surface area contributed by atoms with E-state index in [4.69, 9.17) is 5.73 Å². The van der Waals surface area contributed by atoms with Gasteiger partial charge in [-0.15, -0.1) is 0 Å².